The van der Waals surface area contributed by atoms with Crippen LogP contribution in [0.4, 0.5) is 0 Å². The zero-order valence-corrected chi connectivity index (χ0v) is 8.85. The van der Waals surface area contributed by atoms with Gasteiger partial charge in [0.15, 0.2) is 0 Å². The molecule has 1 saturated heterocycles. The number of H-pyrrole nitrogens is 1. The van der Waals surface area contributed by atoms with Gasteiger partial charge >= 0.3 is 5.97 Å². The van der Waals surface area contributed by atoms with Gasteiger partial charge in [-0.3, -0.25) is 9.59 Å². The Labute approximate surface area is 93.1 Å². The van der Waals surface area contributed by atoms with Crippen LogP contribution in [0.25, 0.3) is 0 Å². The molecule has 2 heterocycles. The van der Waals surface area contributed by atoms with Crippen LogP contribution < -0.4 is 0 Å². The normalized spacial score (nSPS) is 20.4. The van der Waals surface area contributed by atoms with Crippen molar-refractivity contribution in [1.82, 2.24) is 9.88 Å². The molecular formula is C11H14N2O3. The number of aromatic nitrogens is 1. The Kier molecular flexibility index (Phi) is 2.94. The zero-order valence-electron chi connectivity index (χ0n) is 8.85. The van der Waals surface area contributed by atoms with Crippen LogP contribution in [0.15, 0.2) is 18.5 Å². The maximum Gasteiger partial charge on any atom is 0.308 e. The van der Waals surface area contributed by atoms with E-state index in [0.717, 1.165) is 12.0 Å². The minimum atomic E-state index is -0.877. The van der Waals surface area contributed by atoms with E-state index in [9.17, 15) is 9.59 Å². The highest BCUT2D eigenvalue weighted by Crippen LogP contribution is 2.18. The van der Waals surface area contributed by atoms with E-state index in [1.165, 1.54) is 0 Å². The van der Waals surface area contributed by atoms with Gasteiger partial charge in [-0.2, -0.15) is 0 Å². The molecule has 1 aliphatic rings. The summed E-state index contributed by atoms with van der Waals surface area (Å²) < 4.78 is 0. The van der Waals surface area contributed by atoms with Crippen LogP contribution in [0.1, 0.15) is 12.0 Å². The van der Waals surface area contributed by atoms with Crippen LogP contribution in [0.3, 0.4) is 0 Å². The predicted molar refractivity (Wildman–Crippen MR) is 56.8 cm³/mol. The molecule has 1 unspecified atom stereocenters. The number of carbonyl (C=O) groups is 2. The van der Waals surface area contributed by atoms with Crippen molar-refractivity contribution in [2.24, 2.45) is 5.92 Å². The first-order chi connectivity index (χ1) is 7.66. The second kappa shape index (κ2) is 4.38. The minimum absolute atomic E-state index is 0.0528. The predicted octanol–water partition coefficient (Wildman–Crippen LogP) is 0.490. The molecular weight excluding hydrogens is 208 g/mol. The van der Waals surface area contributed by atoms with Crippen molar-refractivity contribution in [3.8, 4) is 0 Å². The fourth-order valence-corrected chi connectivity index (χ4v) is 1.93. The van der Waals surface area contributed by atoms with Gasteiger partial charge in [0.25, 0.3) is 0 Å². The van der Waals surface area contributed by atoms with Crippen molar-refractivity contribution in [3.63, 3.8) is 0 Å². The number of carbonyl (C=O) groups excluding carboxylic acids is 1. The molecule has 5 heteroatoms. The average Bonchev–Trinajstić information content (AvgIpc) is 2.84. The fourth-order valence-electron chi connectivity index (χ4n) is 1.93. The lowest BCUT2D eigenvalue weighted by molar-refractivity contribution is -0.141. The number of hydrogen-bond acceptors (Lipinski definition) is 2. The van der Waals surface area contributed by atoms with Crippen LogP contribution in [0.2, 0.25) is 0 Å². The maximum absolute atomic E-state index is 11.5. The van der Waals surface area contributed by atoms with Crippen molar-refractivity contribution in [1.29, 1.82) is 0 Å². The number of rotatable bonds is 4. The van der Waals surface area contributed by atoms with Crippen LogP contribution >= 0.6 is 0 Å². The van der Waals surface area contributed by atoms with Gasteiger partial charge in [0.1, 0.15) is 0 Å². The highest BCUT2D eigenvalue weighted by atomic mass is 16.4. The average molecular weight is 222 g/mol. The Bertz CT molecular complexity index is 386. The molecule has 5 nitrogen and oxygen atoms in total. The standard InChI is InChI=1S/C11H14N2O3/c14-10-5-9(11(15)16)7-13(10)4-2-8-1-3-12-6-8/h1,3,6,9,12H,2,4-5,7H2,(H,15,16). The van der Waals surface area contributed by atoms with Gasteiger partial charge in [-0.25, -0.2) is 0 Å². The number of nitrogens with one attached hydrogen (secondary N) is 1. The summed E-state index contributed by atoms with van der Waals surface area (Å²) in [6.07, 6.45) is 4.63. The summed E-state index contributed by atoms with van der Waals surface area (Å²) in [4.78, 5) is 26.8. The van der Waals surface area contributed by atoms with E-state index < -0.39 is 11.9 Å². The van der Waals surface area contributed by atoms with Gasteiger partial charge in [0, 0.05) is 31.9 Å². The Morgan fingerprint density at radius 3 is 3.00 bits per heavy atom. The summed E-state index contributed by atoms with van der Waals surface area (Å²) in [5.41, 5.74) is 1.13. The molecule has 1 fully saturated rings. The summed E-state index contributed by atoms with van der Waals surface area (Å²) in [7, 11) is 0. The van der Waals surface area contributed by atoms with Gasteiger partial charge in [-0.05, 0) is 18.1 Å². The van der Waals surface area contributed by atoms with Gasteiger partial charge in [-0.1, -0.05) is 0 Å². The highest BCUT2D eigenvalue weighted by molar-refractivity contribution is 5.86. The number of hydrogen-bond donors (Lipinski definition) is 2. The van der Waals surface area contributed by atoms with E-state index in [0.29, 0.717) is 13.1 Å². The number of aliphatic carboxylic acids is 1. The molecule has 1 aromatic heterocycles. The molecule has 0 aliphatic carbocycles. The third kappa shape index (κ3) is 2.24. The molecule has 1 aromatic rings. The number of nitrogens with zero attached hydrogens (tertiary/aromatic N) is 1. The SMILES string of the molecule is O=C(O)C1CC(=O)N(CCc2cc[nH]c2)C1. The zero-order chi connectivity index (χ0) is 11.5. The van der Waals surface area contributed by atoms with E-state index in [4.69, 9.17) is 5.11 Å². The van der Waals surface area contributed by atoms with E-state index in [1.807, 2.05) is 18.5 Å². The smallest absolute Gasteiger partial charge is 0.308 e. The third-order valence-corrected chi connectivity index (χ3v) is 2.90. The molecule has 2 N–H and O–H groups in total. The lowest BCUT2D eigenvalue weighted by atomic mass is 10.1. The van der Waals surface area contributed by atoms with Crippen molar-refractivity contribution in [2.75, 3.05) is 13.1 Å². The van der Waals surface area contributed by atoms with Crippen molar-refractivity contribution in [2.45, 2.75) is 12.8 Å². The van der Waals surface area contributed by atoms with Crippen LogP contribution in [-0.2, 0) is 16.0 Å². The van der Waals surface area contributed by atoms with Crippen molar-refractivity contribution >= 4 is 11.9 Å². The largest absolute Gasteiger partial charge is 0.481 e. The number of amides is 1. The number of carboxylic acid groups (broad SMARTS) is 1. The van der Waals surface area contributed by atoms with Gasteiger partial charge in [-0.15, -0.1) is 0 Å². The monoisotopic (exact) mass is 222 g/mol. The molecule has 1 aliphatic heterocycles. The van der Waals surface area contributed by atoms with Gasteiger partial charge < -0.3 is 15.0 Å². The molecule has 0 radical (unpaired) electrons. The number of likely N-dealkylation sites (tertiary alicyclic amines) is 1. The topological polar surface area (TPSA) is 73.4 Å². The first-order valence-corrected chi connectivity index (χ1v) is 5.29. The fraction of sp³-hybridized carbons (Fsp3) is 0.455. The number of aromatic amines is 1. The molecule has 0 bridgehead atoms. The first kappa shape index (κ1) is 10.7. The lowest BCUT2D eigenvalue weighted by Gasteiger charge is -2.15. The summed E-state index contributed by atoms with van der Waals surface area (Å²) in [5, 5.41) is 8.82. The Morgan fingerprint density at radius 2 is 2.44 bits per heavy atom. The molecule has 0 aromatic carbocycles. The lowest BCUT2D eigenvalue weighted by Crippen LogP contribution is -2.28. The van der Waals surface area contributed by atoms with E-state index in [1.54, 1.807) is 4.90 Å². The van der Waals surface area contributed by atoms with Crippen LogP contribution in [-0.4, -0.2) is 40.0 Å². The highest BCUT2D eigenvalue weighted by Gasteiger charge is 2.33. The van der Waals surface area contributed by atoms with Gasteiger partial charge in [0.2, 0.25) is 5.91 Å². The second-order valence-electron chi connectivity index (χ2n) is 4.05. The molecule has 1 atom stereocenters. The molecule has 0 spiro atoms. The van der Waals surface area contributed by atoms with Crippen LogP contribution in [0.5, 0.6) is 0 Å². The maximum atomic E-state index is 11.5. The summed E-state index contributed by atoms with van der Waals surface area (Å²) >= 11 is 0. The quantitative estimate of drug-likeness (QED) is 0.778. The molecule has 16 heavy (non-hydrogen) atoms. The summed E-state index contributed by atoms with van der Waals surface area (Å²) in [5.74, 6) is -1.46. The minimum Gasteiger partial charge on any atom is -0.481 e. The van der Waals surface area contributed by atoms with Crippen LogP contribution in [0, 0.1) is 5.92 Å². The first-order valence-electron chi connectivity index (χ1n) is 5.29. The Balaban J connectivity index is 1.87. The van der Waals surface area contributed by atoms with E-state index in [2.05, 4.69) is 4.98 Å². The molecule has 86 valence electrons. The Morgan fingerprint density at radius 1 is 1.62 bits per heavy atom. The van der Waals surface area contributed by atoms with Gasteiger partial charge in [0.05, 0.1) is 5.92 Å². The van der Waals surface area contributed by atoms with E-state index in [-0.39, 0.29) is 12.3 Å². The Hall–Kier alpha value is -1.78. The third-order valence-electron chi connectivity index (χ3n) is 2.90. The van der Waals surface area contributed by atoms with Crippen molar-refractivity contribution in [3.05, 3.63) is 24.0 Å². The molecule has 2 rings (SSSR count). The molecule has 1 amide bonds. The van der Waals surface area contributed by atoms with Crippen molar-refractivity contribution < 1.29 is 14.7 Å². The van der Waals surface area contributed by atoms with E-state index >= 15 is 0 Å². The summed E-state index contributed by atoms with van der Waals surface area (Å²) in [6, 6.07) is 1.95. The molecule has 0 saturated carbocycles. The second-order valence-corrected chi connectivity index (χ2v) is 4.05. The number of carboxylic acids is 1. The summed E-state index contributed by atoms with van der Waals surface area (Å²) in [6.45, 7) is 0.944.